The molecule has 5 amide bonds. The van der Waals surface area contributed by atoms with Crippen LogP contribution in [0.5, 0.6) is 0 Å². The molecule has 0 bridgehead atoms. The van der Waals surface area contributed by atoms with Crippen LogP contribution in [0.3, 0.4) is 0 Å². The Morgan fingerprint density at radius 3 is 2.23 bits per heavy atom. The Morgan fingerprint density at radius 1 is 0.938 bits per heavy atom. The summed E-state index contributed by atoms with van der Waals surface area (Å²) in [6, 6.07) is 1.85. The zero-order chi connectivity index (χ0) is 35.8. The van der Waals surface area contributed by atoms with Crippen LogP contribution in [0.25, 0.3) is 0 Å². The monoisotopic (exact) mass is 677 g/mol. The SMILES string of the molecule is NC(N)=NCCC[C@H](NC(=O)[C@@H]1CCCN1C(=O)[C@@H](N)CO)C(=O)NCC(=O)N[C@@H](CC(=O)O)C(=O)N[C@@H](Cc1ccccc1)C(=O)O. The van der Waals surface area contributed by atoms with Crippen LogP contribution in [0.15, 0.2) is 35.3 Å². The number of rotatable bonds is 19. The van der Waals surface area contributed by atoms with E-state index in [0.717, 1.165) is 0 Å². The third kappa shape index (κ3) is 12.8. The first-order chi connectivity index (χ1) is 22.7. The summed E-state index contributed by atoms with van der Waals surface area (Å²) in [6.45, 7) is -1.04. The van der Waals surface area contributed by atoms with Crippen molar-refractivity contribution in [3.63, 3.8) is 0 Å². The van der Waals surface area contributed by atoms with Gasteiger partial charge >= 0.3 is 11.9 Å². The number of carboxylic acids is 2. The number of nitrogens with zero attached hydrogens (tertiary/aromatic N) is 2. The molecule has 1 heterocycles. The molecule has 264 valence electrons. The molecule has 2 rings (SSSR count). The van der Waals surface area contributed by atoms with Gasteiger partial charge in [0, 0.05) is 19.5 Å². The van der Waals surface area contributed by atoms with Gasteiger partial charge in [0.25, 0.3) is 0 Å². The molecule has 1 saturated heterocycles. The van der Waals surface area contributed by atoms with Crippen molar-refractivity contribution in [2.45, 2.75) is 68.7 Å². The number of amides is 5. The number of aliphatic hydroxyl groups is 1. The van der Waals surface area contributed by atoms with Gasteiger partial charge in [0.2, 0.25) is 29.5 Å². The second-order valence-electron chi connectivity index (χ2n) is 11.0. The first-order valence-corrected chi connectivity index (χ1v) is 15.1. The van der Waals surface area contributed by atoms with Crippen LogP contribution in [-0.4, -0.2) is 124 Å². The van der Waals surface area contributed by atoms with Crippen molar-refractivity contribution in [1.29, 1.82) is 0 Å². The van der Waals surface area contributed by atoms with Gasteiger partial charge < -0.3 is 58.7 Å². The van der Waals surface area contributed by atoms with E-state index in [1.165, 1.54) is 4.90 Å². The number of carboxylic acid groups (broad SMARTS) is 2. The van der Waals surface area contributed by atoms with E-state index in [9.17, 15) is 48.9 Å². The van der Waals surface area contributed by atoms with Gasteiger partial charge in [0.15, 0.2) is 5.96 Å². The molecule has 48 heavy (non-hydrogen) atoms. The van der Waals surface area contributed by atoms with Crippen LogP contribution in [0.1, 0.15) is 37.7 Å². The van der Waals surface area contributed by atoms with Gasteiger partial charge in [-0.3, -0.25) is 33.8 Å². The lowest BCUT2D eigenvalue weighted by Crippen LogP contribution is -2.57. The predicted octanol–water partition coefficient (Wildman–Crippen LogP) is -4.28. The van der Waals surface area contributed by atoms with E-state index in [1.807, 2.05) is 0 Å². The van der Waals surface area contributed by atoms with Gasteiger partial charge in [-0.25, -0.2) is 4.79 Å². The fraction of sp³-hybridized carbons (Fsp3) is 0.517. The fourth-order valence-electron chi connectivity index (χ4n) is 4.88. The second-order valence-corrected chi connectivity index (χ2v) is 11.0. The summed E-state index contributed by atoms with van der Waals surface area (Å²) in [4.78, 5) is 92.7. The number of guanidine groups is 1. The summed E-state index contributed by atoms with van der Waals surface area (Å²) in [7, 11) is 0. The zero-order valence-electron chi connectivity index (χ0n) is 26.2. The Bertz CT molecular complexity index is 1340. The molecule has 0 radical (unpaired) electrons. The highest BCUT2D eigenvalue weighted by atomic mass is 16.4. The number of benzene rings is 1. The third-order valence-electron chi connectivity index (χ3n) is 7.28. The molecule has 1 aliphatic rings. The van der Waals surface area contributed by atoms with Crippen LogP contribution < -0.4 is 38.5 Å². The number of aliphatic carboxylic acids is 2. The highest BCUT2D eigenvalue weighted by Gasteiger charge is 2.37. The van der Waals surface area contributed by atoms with Crippen molar-refractivity contribution in [1.82, 2.24) is 26.2 Å². The number of aliphatic hydroxyl groups excluding tert-OH is 1. The van der Waals surface area contributed by atoms with E-state index in [-0.39, 0.29) is 44.7 Å². The minimum atomic E-state index is -1.68. The molecule has 19 heteroatoms. The van der Waals surface area contributed by atoms with Crippen LogP contribution in [0.2, 0.25) is 0 Å². The smallest absolute Gasteiger partial charge is 0.326 e. The summed E-state index contributed by atoms with van der Waals surface area (Å²) in [5.74, 6) is -7.19. The second kappa shape index (κ2) is 19.4. The maximum Gasteiger partial charge on any atom is 0.326 e. The number of nitrogens with two attached hydrogens (primary N) is 3. The molecule has 0 unspecified atom stereocenters. The summed E-state index contributed by atoms with van der Waals surface area (Å²) in [5.41, 5.74) is 16.9. The molecule has 1 fully saturated rings. The van der Waals surface area contributed by atoms with E-state index in [0.29, 0.717) is 12.0 Å². The molecule has 1 aliphatic heterocycles. The number of hydrogen-bond acceptors (Lipinski definition) is 10. The lowest BCUT2D eigenvalue weighted by Gasteiger charge is -2.28. The van der Waals surface area contributed by atoms with Crippen molar-refractivity contribution in [3.05, 3.63) is 35.9 Å². The Balaban J connectivity index is 2.08. The minimum absolute atomic E-state index is 0.00876. The van der Waals surface area contributed by atoms with E-state index < -0.39 is 91.3 Å². The molecule has 0 aliphatic carbocycles. The maximum absolute atomic E-state index is 13.2. The fourth-order valence-corrected chi connectivity index (χ4v) is 4.88. The highest BCUT2D eigenvalue weighted by molar-refractivity contribution is 5.96. The number of aliphatic imine (C=N–C) groups is 1. The van der Waals surface area contributed by atoms with E-state index in [1.54, 1.807) is 30.3 Å². The summed E-state index contributed by atoms with van der Waals surface area (Å²) >= 11 is 0. The van der Waals surface area contributed by atoms with E-state index in [4.69, 9.17) is 17.2 Å². The number of hydrogen-bond donors (Lipinski definition) is 10. The number of carbonyl (C=O) groups is 7. The molecule has 19 nitrogen and oxygen atoms in total. The lowest BCUT2D eigenvalue weighted by atomic mass is 10.1. The molecule has 1 aromatic rings. The zero-order valence-corrected chi connectivity index (χ0v) is 26.2. The first-order valence-electron chi connectivity index (χ1n) is 15.1. The summed E-state index contributed by atoms with van der Waals surface area (Å²) in [5, 5.41) is 37.4. The van der Waals surface area contributed by atoms with Crippen molar-refractivity contribution >= 4 is 47.4 Å². The molecule has 5 atom stereocenters. The van der Waals surface area contributed by atoms with Gasteiger partial charge in [-0.1, -0.05) is 30.3 Å². The van der Waals surface area contributed by atoms with Crippen LogP contribution >= 0.6 is 0 Å². The largest absolute Gasteiger partial charge is 0.481 e. The van der Waals surface area contributed by atoms with E-state index >= 15 is 0 Å². The topological polar surface area (TPSA) is 322 Å². The van der Waals surface area contributed by atoms with Gasteiger partial charge in [0.1, 0.15) is 30.2 Å². The average molecular weight is 678 g/mol. The Hall–Kier alpha value is -5.30. The van der Waals surface area contributed by atoms with Gasteiger partial charge in [-0.15, -0.1) is 0 Å². The quantitative estimate of drug-likeness (QED) is 0.0377. The van der Waals surface area contributed by atoms with Gasteiger partial charge in [-0.2, -0.15) is 0 Å². The molecular formula is C29H43N9O10. The van der Waals surface area contributed by atoms with Crippen molar-refractivity contribution < 1.29 is 48.9 Å². The number of likely N-dealkylation sites (tertiary alicyclic amines) is 1. The highest BCUT2D eigenvalue weighted by Crippen LogP contribution is 2.19. The lowest BCUT2D eigenvalue weighted by molar-refractivity contribution is -0.143. The van der Waals surface area contributed by atoms with Crippen LogP contribution in [0.4, 0.5) is 0 Å². The van der Waals surface area contributed by atoms with Crippen LogP contribution in [-0.2, 0) is 40.0 Å². The molecule has 1 aromatic carbocycles. The van der Waals surface area contributed by atoms with Crippen molar-refractivity contribution in [2.75, 3.05) is 26.2 Å². The molecule has 0 aromatic heterocycles. The van der Waals surface area contributed by atoms with Crippen LogP contribution in [0, 0.1) is 0 Å². The standard InChI is InChI=1S/C29H43N9O10/c30-17(15-39)27(46)38-11-5-9-21(38)26(45)36-18(8-4-10-33-29(31)32)24(43)34-14-22(40)35-19(13-23(41)42)25(44)37-20(28(47)48)12-16-6-2-1-3-7-16/h1-3,6-7,17-21,39H,4-5,8-15,30H2,(H,34,43)(H,35,40)(H,36,45)(H,37,44)(H,41,42)(H,47,48)(H4,31,32,33)/t17-,18-,19-,20-,21-/m0/s1. The normalized spacial score (nSPS) is 16.4. The first kappa shape index (κ1) is 38.9. The number of nitrogens with one attached hydrogen (secondary N) is 4. The van der Waals surface area contributed by atoms with Gasteiger partial charge in [0.05, 0.1) is 19.6 Å². The Kier molecular flexibility index (Phi) is 15.7. The van der Waals surface area contributed by atoms with Gasteiger partial charge in [-0.05, 0) is 31.2 Å². The minimum Gasteiger partial charge on any atom is -0.481 e. The summed E-state index contributed by atoms with van der Waals surface area (Å²) in [6.07, 6.45) is -0.00353. The molecule has 0 spiro atoms. The third-order valence-corrected chi connectivity index (χ3v) is 7.28. The Morgan fingerprint density at radius 2 is 1.62 bits per heavy atom. The molecular weight excluding hydrogens is 634 g/mol. The van der Waals surface area contributed by atoms with E-state index in [2.05, 4.69) is 26.3 Å². The predicted molar refractivity (Wildman–Crippen MR) is 169 cm³/mol. The molecule has 13 N–H and O–H groups in total. The average Bonchev–Trinajstić information content (AvgIpc) is 3.54. The van der Waals surface area contributed by atoms with Crippen molar-refractivity contribution in [3.8, 4) is 0 Å². The Labute approximate surface area is 275 Å². The molecule has 0 saturated carbocycles. The van der Waals surface area contributed by atoms with Crippen molar-refractivity contribution in [2.24, 2.45) is 22.2 Å². The number of carbonyl (C=O) groups excluding carboxylic acids is 5. The summed E-state index contributed by atoms with van der Waals surface area (Å²) < 4.78 is 0. The maximum atomic E-state index is 13.2.